The number of hydrogen-bond acceptors (Lipinski definition) is 6. The Morgan fingerprint density at radius 3 is 2.48 bits per heavy atom. The Balaban J connectivity index is 2.74. The summed E-state index contributed by atoms with van der Waals surface area (Å²) in [6.07, 6.45) is 0.463. The first kappa shape index (κ1) is 20.4. The van der Waals surface area contributed by atoms with Gasteiger partial charge in [-0.3, -0.25) is 9.59 Å². The molecule has 27 heavy (non-hydrogen) atoms. The van der Waals surface area contributed by atoms with Gasteiger partial charge in [0.1, 0.15) is 17.3 Å². The Morgan fingerprint density at radius 1 is 1.19 bits per heavy atom. The molecule has 6 nitrogen and oxygen atoms in total. The molecule has 0 radical (unpaired) electrons. The van der Waals surface area contributed by atoms with E-state index in [4.69, 9.17) is 14.2 Å². The minimum Gasteiger partial charge on any atom is -0.507 e. The Hall–Kier alpha value is -2.93. The minimum atomic E-state index is -1.10. The number of phenolic OH excluding ortho intramolecular Hbond substituents is 1. The molecule has 0 aliphatic heterocycles. The number of esters is 1. The summed E-state index contributed by atoms with van der Waals surface area (Å²) in [7, 11) is 2.69. The van der Waals surface area contributed by atoms with Gasteiger partial charge in [0.15, 0.2) is 13.1 Å². The molecule has 0 unspecified atom stereocenters. The third-order valence-corrected chi connectivity index (χ3v) is 4.25. The lowest BCUT2D eigenvalue weighted by molar-refractivity contribution is -0.146. The molecule has 0 saturated carbocycles. The molecular formula is C20H21FO6. The van der Waals surface area contributed by atoms with E-state index in [-0.39, 0.29) is 35.0 Å². The summed E-state index contributed by atoms with van der Waals surface area (Å²) >= 11 is 0. The molecule has 144 valence electrons. The van der Waals surface area contributed by atoms with Crippen molar-refractivity contribution in [2.24, 2.45) is 0 Å². The molecule has 0 spiro atoms. The van der Waals surface area contributed by atoms with Crippen molar-refractivity contribution in [1.82, 2.24) is 0 Å². The number of hydrogen-bond donors (Lipinski definition) is 1. The Kier molecular flexibility index (Phi) is 6.17. The van der Waals surface area contributed by atoms with Gasteiger partial charge in [-0.25, -0.2) is 4.39 Å². The minimum absolute atomic E-state index is 0.0403. The van der Waals surface area contributed by atoms with Crippen molar-refractivity contribution in [3.63, 3.8) is 0 Å². The number of aromatic hydroxyl groups is 1. The maximum atomic E-state index is 13.9. The van der Waals surface area contributed by atoms with Gasteiger partial charge in [-0.1, -0.05) is 0 Å². The van der Waals surface area contributed by atoms with Gasteiger partial charge in [-0.05, 0) is 49.7 Å². The van der Waals surface area contributed by atoms with Gasteiger partial charge in [0.05, 0.1) is 18.1 Å². The Morgan fingerprint density at radius 2 is 1.89 bits per heavy atom. The molecule has 0 aromatic heterocycles. The number of halogens is 1. The van der Waals surface area contributed by atoms with Crippen LogP contribution in [0.4, 0.5) is 4.39 Å². The van der Waals surface area contributed by atoms with Crippen LogP contribution in [0, 0.1) is 5.82 Å². The number of phenols is 1. The summed E-state index contributed by atoms with van der Waals surface area (Å²) in [6, 6.07) is 6.67. The molecule has 7 heteroatoms. The van der Waals surface area contributed by atoms with Crippen molar-refractivity contribution in [3.8, 4) is 22.6 Å². The van der Waals surface area contributed by atoms with Crippen molar-refractivity contribution in [1.29, 1.82) is 0 Å². The molecule has 0 atom stereocenters. The highest BCUT2D eigenvalue weighted by Crippen LogP contribution is 2.41. The van der Waals surface area contributed by atoms with Gasteiger partial charge >= 0.3 is 5.97 Å². The van der Waals surface area contributed by atoms with E-state index < -0.39 is 17.2 Å². The van der Waals surface area contributed by atoms with Crippen molar-refractivity contribution in [2.75, 3.05) is 21.0 Å². The number of aldehydes is 1. The summed E-state index contributed by atoms with van der Waals surface area (Å²) in [4.78, 5) is 23.6. The van der Waals surface area contributed by atoms with Crippen LogP contribution in [-0.4, -0.2) is 38.4 Å². The topological polar surface area (TPSA) is 82.1 Å². The molecule has 2 aromatic carbocycles. The highest BCUT2D eigenvalue weighted by atomic mass is 19.1. The third kappa shape index (κ3) is 4.09. The van der Waals surface area contributed by atoms with Crippen LogP contribution < -0.4 is 4.74 Å². The molecule has 0 heterocycles. The lowest BCUT2D eigenvalue weighted by atomic mass is 9.82. The second-order valence-electron chi connectivity index (χ2n) is 6.39. The molecule has 0 saturated heterocycles. The van der Waals surface area contributed by atoms with Gasteiger partial charge in [-0.15, -0.1) is 0 Å². The first-order chi connectivity index (χ1) is 12.8. The summed E-state index contributed by atoms with van der Waals surface area (Å²) in [5.41, 5.74) is -0.351. The average molecular weight is 376 g/mol. The van der Waals surface area contributed by atoms with Gasteiger partial charge in [0.25, 0.3) is 0 Å². The van der Waals surface area contributed by atoms with Crippen molar-refractivity contribution >= 4 is 12.3 Å². The SMILES string of the molecule is COCOc1ccc(F)cc1-c1cc(C(C)(C)C(=O)OC)cc(C=O)c1O. The largest absolute Gasteiger partial charge is 0.507 e. The van der Waals surface area contributed by atoms with Crippen LogP contribution in [0.5, 0.6) is 11.5 Å². The quantitative estimate of drug-likeness (QED) is 0.453. The number of carbonyl (C=O) groups excluding carboxylic acids is 2. The van der Waals surface area contributed by atoms with Gasteiger partial charge in [0, 0.05) is 18.2 Å². The number of benzene rings is 2. The molecule has 0 aliphatic rings. The number of ether oxygens (including phenoxy) is 3. The zero-order valence-corrected chi connectivity index (χ0v) is 15.5. The zero-order chi connectivity index (χ0) is 20.2. The van der Waals surface area contributed by atoms with E-state index in [0.717, 1.165) is 0 Å². The van der Waals surface area contributed by atoms with Gasteiger partial charge in [0.2, 0.25) is 0 Å². The van der Waals surface area contributed by atoms with Crippen molar-refractivity contribution < 1.29 is 33.3 Å². The average Bonchev–Trinajstić information content (AvgIpc) is 2.66. The van der Waals surface area contributed by atoms with E-state index >= 15 is 0 Å². The van der Waals surface area contributed by atoms with Crippen LogP contribution in [0.1, 0.15) is 29.8 Å². The van der Waals surface area contributed by atoms with Crippen LogP contribution in [-0.2, 0) is 19.7 Å². The second kappa shape index (κ2) is 8.18. The van der Waals surface area contributed by atoms with Crippen LogP contribution in [0.3, 0.4) is 0 Å². The lowest BCUT2D eigenvalue weighted by Crippen LogP contribution is -2.30. The molecule has 1 N–H and O–H groups in total. The molecule has 2 aromatic rings. The molecule has 0 bridgehead atoms. The molecule has 0 aliphatic carbocycles. The Bertz CT molecular complexity index is 860. The van der Waals surface area contributed by atoms with Crippen LogP contribution in [0.15, 0.2) is 30.3 Å². The fraction of sp³-hybridized carbons (Fsp3) is 0.300. The standard InChI is InChI=1S/C20H21FO6/c1-20(2,19(24)26-4)13-7-12(10-22)18(23)16(8-13)15-9-14(21)5-6-17(15)27-11-25-3/h5-10,23H,11H2,1-4H3. The van der Waals surface area contributed by atoms with Crippen molar-refractivity contribution in [3.05, 3.63) is 47.3 Å². The fourth-order valence-electron chi connectivity index (χ4n) is 2.65. The van der Waals surface area contributed by atoms with E-state index in [1.54, 1.807) is 13.8 Å². The number of rotatable bonds is 7. The first-order valence-corrected chi connectivity index (χ1v) is 8.09. The normalized spacial score (nSPS) is 11.1. The molecular weight excluding hydrogens is 355 g/mol. The summed E-state index contributed by atoms with van der Waals surface area (Å²) in [6.45, 7) is 3.16. The predicted octanol–water partition coefficient (Wildman–Crippen LogP) is 3.44. The smallest absolute Gasteiger partial charge is 0.315 e. The third-order valence-electron chi connectivity index (χ3n) is 4.25. The lowest BCUT2D eigenvalue weighted by Gasteiger charge is -2.24. The fourth-order valence-corrected chi connectivity index (χ4v) is 2.65. The van der Waals surface area contributed by atoms with Gasteiger partial charge < -0.3 is 19.3 Å². The van der Waals surface area contributed by atoms with E-state index in [0.29, 0.717) is 11.8 Å². The molecule has 2 rings (SSSR count). The van der Waals surface area contributed by atoms with Crippen LogP contribution >= 0.6 is 0 Å². The first-order valence-electron chi connectivity index (χ1n) is 8.09. The second-order valence-corrected chi connectivity index (χ2v) is 6.39. The molecule has 0 amide bonds. The van der Waals surface area contributed by atoms with Crippen molar-refractivity contribution in [2.45, 2.75) is 19.3 Å². The van der Waals surface area contributed by atoms with Crippen LogP contribution in [0.2, 0.25) is 0 Å². The number of carbonyl (C=O) groups is 2. The zero-order valence-electron chi connectivity index (χ0n) is 15.5. The maximum Gasteiger partial charge on any atom is 0.315 e. The van der Waals surface area contributed by atoms with E-state index in [9.17, 15) is 19.1 Å². The number of methoxy groups -OCH3 is 2. The molecule has 0 fully saturated rings. The summed E-state index contributed by atoms with van der Waals surface area (Å²) in [5.74, 6) is -1.17. The van der Waals surface area contributed by atoms with E-state index in [2.05, 4.69) is 0 Å². The summed E-state index contributed by atoms with van der Waals surface area (Å²) < 4.78 is 29.0. The summed E-state index contributed by atoms with van der Waals surface area (Å²) in [5, 5.41) is 10.5. The maximum absolute atomic E-state index is 13.9. The predicted molar refractivity (Wildman–Crippen MR) is 96.4 cm³/mol. The van der Waals surface area contributed by atoms with Crippen LogP contribution in [0.25, 0.3) is 11.1 Å². The van der Waals surface area contributed by atoms with E-state index in [1.807, 2.05) is 0 Å². The highest BCUT2D eigenvalue weighted by molar-refractivity contribution is 5.90. The Labute approximate surface area is 156 Å². The monoisotopic (exact) mass is 376 g/mol. The van der Waals surface area contributed by atoms with E-state index in [1.165, 1.54) is 44.6 Å². The van der Waals surface area contributed by atoms with Gasteiger partial charge in [-0.2, -0.15) is 0 Å². The highest BCUT2D eigenvalue weighted by Gasteiger charge is 2.32.